The fraction of sp³-hybridized carbons (Fsp3) is 0. The number of aromatic nitrogens is 3. The van der Waals surface area contributed by atoms with Crippen LogP contribution in [-0.4, -0.2) is 14.4 Å². The van der Waals surface area contributed by atoms with Crippen molar-refractivity contribution in [2.24, 2.45) is 0 Å². The summed E-state index contributed by atoms with van der Waals surface area (Å²) in [6.45, 7) is 0. The average Bonchev–Trinajstić information content (AvgIpc) is 3.48. The Kier molecular flexibility index (Phi) is 6.12. The van der Waals surface area contributed by atoms with Gasteiger partial charge in [-0.25, -0.2) is 4.98 Å². The standard InChI is InChI=1S/C40H27N3/c1-2-10-31(11-3-1)39-40(43-24-7-6-15-38(43)42-39)32-18-16-28(17-19-32)33-25-34(29-20-22-41-23-21-29)27-35(26-33)37-14-8-12-30-9-4-5-13-36(30)37/h1-27H. The zero-order valence-corrected chi connectivity index (χ0v) is 23.4. The molecule has 0 unspecified atom stereocenters. The fourth-order valence-corrected chi connectivity index (χ4v) is 6.03. The molecule has 0 bridgehead atoms. The molecular weight excluding hydrogens is 522 g/mol. The molecule has 3 nitrogen and oxygen atoms in total. The van der Waals surface area contributed by atoms with Gasteiger partial charge in [0.15, 0.2) is 0 Å². The van der Waals surface area contributed by atoms with Crippen LogP contribution in [0.4, 0.5) is 0 Å². The van der Waals surface area contributed by atoms with Crippen LogP contribution in [-0.2, 0) is 0 Å². The van der Waals surface area contributed by atoms with E-state index in [-0.39, 0.29) is 0 Å². The summed E-state index contributed by atoms with van der Waals surface area (Å²) >= 11 is 0. The van der Waals surface area contributed by atoms with Crippen LogP contribution in [0.5, 0.6) is 0 Å². The molecule has 0 radical (unpaired) electrons. The molecule has 0 aliphatic carbocycles. The maximum absolute atomic E-state index is 5.01. The van der Waals surface area contributed by atoms with E-state index < -0.39 is 0 Å². The van der Waals surface area contributed by atoms with Crippen molar-refractivity contribution < 1.29 is 0 Å². The van der Waals surface area contributed by atoms with Gasteiger partial charge in [0.2, 0.25) is 0 Å². The number of fused-ring (bicyclic) bond motifs is 2. The number of hydrogen-bond donors (Lipinski definition) is 0. The lowest BCUT2D eigenvalue weighted by atomic mass is 9.91. The Morgan fingerprint density at radius 2 is 1.09 bits per heavy atom. The van der Waals surface area contributed by atoms with Gasteiger partial charge in [-0.15, -0.1) is 0 Å². The summed E-state index contributed by atoms with van der Waals surface area (Å²) in [6.07, 6.45) is 5.80. The average molecular weight is 550 g/mol. The van der Waals surface area contributed by atoms with E-state index in [2.05, 4.69) is 149 Å². The Bertz CT molecular complexity index is 2210. The molecule has 0 saturated heterocycles. The highest BCUT2D eigenvalue weighted by atomic mass is 15.0. The Morgan fingerprint density at radius 1 is 0.442 bits per heavy atom. The summed E-state index contributed by atoms with van der Waals surface area (Å²) in [5.41, 5.74) is 12.3. The van der Waals surface area contributed by atoms with Gasteiger partial charge in [-0.1, -0.05) is 103 Å². The molecule has 43 heavy (non-hydrogen) atoms. The molecule has 0 aliphatic rings. The zero-order chi connectivity index (χ0) is 28.6. The lowest BCUT2D eigenvalue weighted by molar-refractivity contribution is 1.19. The lowest BCUT2D eigenvalue weighted by Gasteiger charge is -2.13. The van der Waals surface area contributed by atoms with Crippen LogP contribution in [0.1, 0.15) is 0 Å². The molecule has 0 N–H and O–H groups in total. The molecule has 5 aromatic carbocycles. The van der Waals surface area contributed by atoms with Crippen molar-refractivity contribution in [3.63, 3.8) is 0 Å². The van der Waals surface area contributed by atoms with Gasteiger partial charge in [0.25, 0.3) is 0 Å². The van der Waals surface area contributed by atoms with Gasteiger partial charge >= 0.3 is 0 Å². The van der Waals surface area contributed by atoms with Crippen molar-refractivity contribution in [2.45, 2.75) is 0 Å². The van der Waals surface area contributed by atoms with E-state index in [0.29, 0.717) is 0 Å². The normalized spacial score (nSPS) is 11.3. The van der Waals surface area contributed by atoms with Gasteiger partial charge in [0.1, 0.15) is 5.65 Å². The van der Waals surface area contributed by atoms with Gasteiger partial charge in [-0.2, -0.15) is 0 Å². The van der Waals surface area contributed by atoms with E-state index >= 15 is 0 Å². The number of imidazole rings is 1. The van der Waals surface area contributed by atoms with Crippen molar-refractivity contribution >= 4 is 16.4 Å². The van der Waals surface area contributed by atoms with Crippen LogP contribution in [0.25, 0.3) is 72.3 Å². The van der Waals surface area contributed by atoms with Gasteiger partial charge < -0.3 is 0 Å². The van der Waals surface area contributed by atoms with Gasteiger partial charge in [0, 0.05) is 29.7 Å². The zero-order valence-electron chi connectivity index (χ0n) is 23.4. The van der Waals surface area contributed by atoms with Crippen molar-refractivity contribution in [3.8, 4) is 55.9 Å². The summed E-state index contributed by atoms with van der Waals surface area (Å²) in [5, 5.41) is 2.49. The molecule has 202 valence electrons. The fourth-order valence-electron chi connectivity index (χ4n) is 6.03. The number of rotatable bonds is 5. The van der Waals surface area contributed by atoms with Crippen LogP contribution < -0.4 is 0 Å². The first-order chi connectivity index (χ1) is 21.3. The molecule has 0 aliphatic heterocycles. The summed E-state index contributed by atoms with van der Waals surface area (Å²) in [4.78, 5) is 9.26. The molecule has 0 saturated carbocycles. The van der Waals surface area contributed by atoms with Crippen molar-refractivity contribution in [1.82, 2.24) is 14.4 Å². The molecule has 3 heterocycles. The highest BCUT2D eigenvalue weighted by molar-refractivity contribution is 5.98. The van der Waals surface area contributed by atoms with Crippen molar-refractivity contribution in [2.75, 3.05) is 0 Å². The predicted molar refractivity (Wildman–Crippen MR) is 178 cm³/mol. The van der Waals surface area contributed by atoms with Crippen LogP contribution in [0.15, 0.2) is 164 Å². The van der Waals surface area contributed by atoms with Crippen molar-refractivity contribution in [3.05, 3.63) is 164 Å². The Hall–Kier alpha value is -5.80. The van der Waals surface area contributed by atoms with E-state index in [9.17, 15) is 0 Å². The Morgan fingerprint density at radius 3 is 1.91 bits per heavy atom. The summed E-state index contributed by atoms with van der Waals surface area (Å²) in [7, 11) is 0. The summed E-state index contributed by atoms with van der Waals surface area (Å²) < 4.78 is 2.18. The topological polar surface area (TPSA) is 30.2 Å². The number of pyridine rings is 2. The molecule has 0 spiro atoms. The molecule has 0 fully saturated rings. The predicted octanol–water partition coefficient (Wildman–Crippen LogP) is 10.2. The van der Waals surface area contributed by atoms with Crippen molar-refractivity contribution in [1.29, 1.82) is 0 Å². The van der Waals surface area contributed by atoms with Gasteiger partial charge in [-0.3, -0.25) is 9.38 Å². The quantitative estimate of drug-likeness (QED) is 0.214. The number of nitrogens with zero attached hydrogens (tertiary/aromatic N) is 3. The monoisotopic (exact) mass is 549 g/mol. The highest BCUT2D eigenvalue weighted by Crippen LogP contribution is 2.38. The van der Waals surface area contributed by atoms with E-state index in [1.54, 1.807) is 0 Å². The molecule has 8 rings (SSSR count). The third-order valence-corrected chi connectivity index (χ3v) is 8.12. The maximum atomic E-state index is 5.01. The molecule has 3 heteroatoms. The third kappa shape index (κ3) is 4.58. The minimum absolute atomic E-state index is 0.935. The van der Waals surface area contributed by atoms with E-state index in [4.69, 9.17) is 4.98 Å². The maximum Gasteiger partial charge on any atom is 0.137 e. The van der Waals surface area contributed by atoms with Gasteiger partial charge in [0.05, 0.1) is 11.4 Å². The molecular formula is C40H27N3. The highest BCUT2D eigenvalue weighted by Gasteiger charge is 2.16. The molecule has 0 atom stereocenters. The number of benzene rings is 5. The van der Waals surface area contributed by atoms with Crippen LogP contribution in [0, 0.1) is 0 Å². The van der Waals surface area contributed by atoms with E-state index in [0.717, 1.165) is 39.3 Å². The Balaban J connectivity index is 1.28. The first-order valence-electron chi connectivity index (χ1n) is 14.5. The second-order valence-corrected chi connectivity index (χ2v) is 10.7. The second kappa shape index (κ2) is 10.6. The summed E-state index contributed by atoms with van der Waals surface area (Å²) in [5.74, 6) is 0. The first-order valence-corrected chi connectivity index (χ1v) is 14.5. The van der Waals surface area contributed by atoms with E-state index in [1.165, 1.54) is 33.0 Å². The van der Waals surface area contributed by atoms with Crippen LogP contribution >= 0.6 is 0 Å². The number of hydrogen-bond acceptors (Lipinski definition) is 2. The molecule has 0 amide bonds. The largest absolute Gasteiger partial charge is 0.299 e. The molecule has 8 aromatic rings. The smallest absolute Gasteiger partial charge is 0.137 e. The Labute approximate surface area is 250 Å². The van der Waals surface area contributed by atoms with Crippen LogP contribution in [0.3, 0.4) is 0 Å². The lowest BCUT2D eigenvalue weighted by Crippen LogP contribution is -1.90. The SMILES string of the molecule is c1ccc(-c2nc3ccccn3c2-c2ccc(-c3cc(-c4ccncc4)cc(-c4cccc5ccccc45)c3)cc2)cc1. The first kappa shape index (κ1) is 25.0. The van der Waals surface area contributed by atoms with Crippen LogP contribution in [0.2, 0.25) is 0 Å². The van der Waals surface area contributed by atoms with Gasteiger partial charge in [-0.05, 0) is 86.6 Å². The third-order valence-electron chi connectivity index (χ3n) is 8.12. The minimum Gasteiger partial charge on any atom is -0.299 e. The minimum atomic E-state index is 0.935. The van der Waals surface area contributed by atoms with E-state index in [1.807, 2.05) is 24.5 Å². The summed E-state index contributed by atoms with van der Waals surface area (Å²) in [6, 6.07) is 51.6. The second-order valence-electron chi connectivity index (χ2n) is 10.7. The molecule has 3 aromatic heterocycles.